The smallest absolute Gasteiger partial charge is 0.384 e. The molecule has 2 aliphatic rings. The Kier molecular flexibility index (Phi) is 2.26. The van der Waals surface area contributed by atoms with Crippen LogP contribution in [0.1, 0.15) is 25.7 Å². The number of ether oxygens (including phenoxy) is 1. The molecule has 0 aromatic carbocycles. The number of carbonyl (C=O) groups is 1. The molecule has 0 N–H and O–H groups in total. The van der Waals surface area contributed by atoms with Crippen molar-refractivity contribution in [2.45, 2.75) is 25.7 Å². The Morgan fingerprint density at radius 2 is 1.85 bits per heavy atom. The van der Waals surface area contributed by atoms with Gasteiger partial charge in [0.1, 0.15) is 0 Å². The first kappa shape index (κ1) is 8.62. The molecule has 0 amide bonds. The van der Waals surface area contributed by atoms with Gasteiger partial charge in [-0.1, -0.05) is 5.92 Å². The summed E-state index contributed by atoms with van der Waals surface area (Å²) in [6.45, 7) is 0. The van der Waals surface area contributed by atoms with Gasteiger partial charge in [-0.05, 0) is 37.5 Å². The lowest BCUT2D eigenvalue weighted by atomic mass is 9.99. The van der Waals surface area contributed by atoms with Crippen molar-refractivity contribution in [3.63, 3.8) is 0 Å². The quantitative estimate of drug-likeness (QED) is 0.365. The van der Waals surface area contributed by atoms with E-state index in [0.717, 1.165) is 11.8 Å². The molecule has 70 valence electrons. The summed E-state index contributed by atoms with van der Waals surface area (Å²) < 4.78 is 4.49. The van der Waals surface area contributed by atoms with E-state index in [2.05, 4.69) is 16.6 Å². The van der Waals surface area contributed by atoms with Gasteiger partial charge in [0.2, 0.25) is 0 Å². The molecule has 0 heterocycles. The van der Waals surface area contributed by atoms with Crippen LogP contribution >= 0.6 is 0 Å². The fraction of sp³-hybridized carbons (Fsp3) is 0.727. The maximum atomic E-state index is 10.8. The summed E-state index contributed by atoms with van der Waals surface area (Å²) in [7, 11) is 1.38. The highest BCUT2D eigenvalue weighted by atomic mass is 16.5. The predicted octanol–water partition coefficient (Wildman–Crippen LogP) is 1.60. The van der Waals surface area contributed by atoms with E-state index < -0.39 is 5.97 Å². The van der Waals surface area contributed by atoms with Gasteiger partial charge in [0.05, 0.1) is 7.11 Å². The molecule has 13 heavy (non-hydrogen) atoms. The average molecular weight is 178 g/mol. The zero-order valence-corrected chi connectivity index (χ0v) is 7.88. The molecular formula is C11H14O2. The first-order valence-electron chi connectivity index (χ1n) is 4.90. The molecule has 0 bridgehead atoms. The monoisotopic (exact) mass is 178 g/mol. The SMILES string of the molecule is COC(=O)C#CC(C1CC1)C1CC1. The molecule has 2 nitrogen and oxygen atoms in total. The van der Waals surface area contributed by atoms with E-state index in [1.807, 2.05) is 0 Å². The molecule has 2 fully saturated rings. The summed E-state index contributed by atoms with van der Waals surface area (Å²) in [5, 5.41) is 0. The summed E-state index contributed by atoms with van der Waals surface area (Å²) in [5.41, 5.74) is 0. The molecule has 0 aromatic heterocycles. The lowest BCUT2D eigenvalue weighted by molar-refractivity contribution is -0.133. The second-order valence-electron chi connectivity index (χ2n) is 3.96. The molecule has 0 aliphatic heterocycles. The van der Waals surface area contributed by atoms with E-state index in [1.165, 1.54) is 32.8 Å². The van der Waals surface area contributed by atoms with Gasteiger partial charge in [0, 0.05) is 11.8 Å². The van der Waals surface area contributed by atoms with Crippen LogP contribution in [0.5, 0.6) is 0 Å². The molecule has 0 unspecified atom stereocenters. The van der Waals surface area contributed by atoms with Gasteiger partial charge in [0.15, 0.2) is 0 Å². The number of esters is 1. The van der Waals surface area contributed by atoms with Crippen LogP contribution in [-0.2, 0) is 9.53 Å². The molecule has 0 atom stereocenters. The number of hydrogen-bond donors (Lipinski definition) is 0. The van der Waals surface area contributed by atoms with Crippen LogP contribution in [0.15, 0.2) is 0 Å². The third-order valence-corrected chi connectivity index (χ3v) is 2.79. The van der Waals surface area contributed by atoms with E-state index in [9.17, 15) is 4.79 Å². The second kappa shape index (κ2) is 3.41. The Bertz CT molecular complexity index is 252. The molecule has 0 aromatic rings. The van der Waals surface area contributed by atoms with E-state index >= 15 is 0 Å². The van der Waals surface area contributed by atoms with Crippen molar-refractivity contribution in [2.75, 3.05) is 7.11 Å². The van der Waals surface area contributed by atoms with Gasteiger partial charge in [0.25, 0.3) is 0 Å². The minimum atomic E-state index is -0.397. The van der Waals surface area contributed by atoms with Crippen molar-refractivity contribution >= 4 is 5.97 Å². The van der Waals surface area contributed by atoms with Crippen LogP contribution < -0.4 is 0 Å². The lowest BCUT2D eigenvalue weighted by Crippen LogP contribution is -2.04. The Labute approximate surface area is 78.7 Å². The molecule has 2 rings (SSSR count). The standard InChI is InChI=1S/C11H14O2/c1-13-11(12)7-6-10(8-2-3-8)9-4-5-9/h8-10H,2-5H2,1H3. The highest BCUT2D eigenvalue weighted by molar-refractivity contribution is 5.88. The van der Waals surface area contributed by atoms with Gasteiger partial charge < -0.3 is 4.74 Å². The van der Waals surface area contributed by atoms with Crippen LogP contribution in [0.2, 0.25) is 0 Å². The highest BCUT2D eigenvalue weighted by Gasteiger charge is 2.40. The molecular weight excluding hydrogens is 164 g/mol. The largest absolute Gasteiger partial charge is 0.459 e. The van der Waals surface area contributed by atoms with E-state index in [0.29, 0.717) is 5.92 Å². The van der Waals surface area contributed by atoms with Crippen molar-refractivity contribution in [1.82, 2.24) is 0 Å². The average Bonchev–Trinajstić information content (AvgIpc) is 2.98. The number of methoxy groups -OCH3 is 1. The minimum absolute atomic E-state index is 0.397. The van der Waals surface area contributed by atoms with E-state index in [-0.39, 0.29) is 0 Å². The molecule has 0 spiro atoms. The normalized spacial score (nSPS) is 20.8. The molecule has 0 saturated heterocycles. The van der Waals surface area contributed by atoms with Crippen LogP contribution in [0.3, 0.4) is 0 Å². The van der Waals surface area contributed by atoms with Crippen LogP contribution in [0.25, 0.3) is 0 Å². The van der Waals surface area contributed by atoms with Crippen molar-refractivity contribution in [2.24, 2.45) is 17.8 Å². The Hall–Kier alpha value is -0.970. The second-order valence-corrected chi connectivity index (χ2v) is 3.96. The fourth-order valence-corrected chi connectivity index (χ4v) is 1.72. The Morgan fingerprint density at radius 3 is 2.23 bits per heavy atom. The van der Waals surface area contributed by atoms with Crippen LogP contribution in [-0.4, -0.2) is 13.1 Å². The molecule has 2 saturated carbocycles. The number of rotatable bonds is 2. The first-order valence-corrected chi connectivity index (χ1v) is 4.90. The Morgan fingerprint density at radius 1 is 1.31 bits per heavy atom. The zero-order valence-electron chi connectivity index (χ0n) is 7.88. The van der Waals surface area contributed by atoms with Gasteiger partial charge in [-0.2, -0.15) is 0 Å². The highest BCUT2D eigenvalue weighted by Crippen LogP contribution is 2.48. The number of carbonyl (C=O) groups excluding carboxylic acids is 1. The van der Waals surface area contributed by atoms with Crippen molar-refractivity contribution in [3.8, 4) is 11.8 Å². The summed E-state index contributed by atoms with van der Waals surface area (Å²) in [5.74, 6) is 7.29. The summed E-state index contributed by atoms with van der Waals surface area (Å²) in [6.07, 6.45) is 5.21. The Balaban J connectivity index is 1.93. The van der Waals surface area contributed by atoms with Gasteiger partial charge in [-0.25, -0.2) is 4.79 Å². The molecule has 2 heteroatoms. The minimum Gasteiger partial charge on any atom is -0.459 e. The predicted molar refractivity (Wildman–Crippen MR) is 48.7 cm³/mol. The summed E-state index contributed by atoms with van der Waals surface area (Å²) in [4.78, 5) is 10.8. The van der Waals surface area contributed by atoms with Crippen LogP contribution in [0.4, 0.5) is 0 Å². The summed E-state index contributed by atoms with van der Waals surface area (Å²) in [6, 6.07) is 0. The van der Waals surface area contributed by atoms with E-state index in [1.54, 1.807) is 0 Å². The topological polar surface area (TPSA) is 26.3 Å². The van der Waals surface area contributed by atoms with Gasteiger partial charge in [-0.15, -0.1) is 0 Å². The zero-order chi connectivity index (χ0) is 9.26. The van der Waals surface area contributed by atoms with Crippen molar-refractivity contribution in [3.05, 3.63) is 0 Å². The van der Waals surface area contributed by atoms with Crippen molar-refractivity contribution < 1.29 is 9.53 Å². The fourth-order valence-electron chi connectivity index (χ4n) is 1.72. The molecule has 0 radical (unpaired) electrons. The first-order chi connectivity index (χ1) is 6.31. The maximum absolute atomic E-state index is 10.8. The van der Waals surface area contributed by atoms with Gasteiger partial charge in [-0.3, -0.25) is 0 Å². The van der Waals surface area contributed by atoms with Crippen LogP contribution in [0, 0.1) is 29.6 Å². The van der Waals surface area contributed by atoms with Gasteiger partial charge >= 0.3 is 5.97 Å². The van der Waals surface area contributed by atoms with E-state index in [4.69, 9.17) is 0 Å². The lowest BCUT2D eigenvalue weighted by Gasteiger charge is -2.04. The summed E-state index contributed by atoms with van der Waals surface area (Å²) >= 11 is 0. The number of hydrogen-bond acceptors (Lipinski definition) is 2. The maximum Gasteiger partial charge on any atom is 0.384 e. The van der Waals surface area contributed by atoms with Crippen molar-refractivity contribution in [1.29, 1.82) is 0 Å². The third kappa shape index (κ3) is 2.24. The molecule has 2 aliphatic carbocycles. The third-order valence-electron chi connectivity index (χ3n) is 2.79.